The van der Waals surface area contributed by atoms with Gasteiger partial charge in [-0.25, -0.2) is 0 Å². The molecule has 0 unspecified atom stereocenters. The molecule has 9 heteroatoms. The van der Waals surface area contributed by atoms with Crippen LogP contribution in [0.3, 0.4) is 0 Å². The number of amides is 1. The first-order valence-corrected chi connectivity index (χ1v) is 10.5. The van der Waals surface area contributed by atoms with E-state index in [2.05, 4.69) is 15.5 Å². The highest BCUT2D eigenvalue weighted by Crippen LogP contribution is 2.39. The standard InChI is InChI=1S/C23H19ClN4O4/c1-31-19-9-8-14(10-17(19)24)25-20(29)12-28-18-5-3-2-4-15(18)16(11-21(28)30)23-26-22(27-32-23)13-6-7-13/h2-5,8-11,13H,6-7,12H2,1H3,(H,25,29). The number of rotatable bonds is 6. The molecule has 162 valence electrons. The average Bonchev–Trinajstić information content (AvgIpc) is 3.52. The van der Waals surface area contributed by atoms with E-state index in [9.17, 15) is 9.59 Å². The lowest BCUT2D eigenvalue weighted by molar-refractivity contribution is -0.116. The second-order valence-electron chi connectivity index (χ2n) is 7.63. The highest BCUT2D eigenvalue weighted by molar-refractivity contribution is 6.32. The summed E-state index contributed by atoms with van der Waals surface area (Å²) in [6, 6.07) is 13.7. The van der Waals surface area contributed by atoms with Gasteiger partial charge in [0.1, 0.15) is 12.3 Å². The van der Waals surface area contributed by atoms with Crippen LogP contribution in [0.1, 0.15) is 24.6 Å². The van der Waals surface area contributed by atoms with Gasteiger partial charge in [-0.2, -0.15) is 4.98 Å². The number of hydrogen-bond donors (Lipinski definition) is 1. The Bertz CT molecular complexity index is 1390. The number of aromatic nitrogens is 3. The molecule has 32 heavy (non-hydrogen) atoms. The molecule has 0 aliphatic heterocycles. The number of carbonyl (C=O) groups is 1. The lowest BCUT2D eigenvalue weighted by Gasteiger charge is -2.13. The monoisotopic (exact) mass is 450 g/mol. The minimum atomic E-state index is -0.361. The van der Waals surface area contributed by atoms with Crippen LogP contribution in [-0.4, -0.2) is 27.7 Å². The molecule has 2 aromatic carbocycles. The number of fused-ring (bicyclic) bond motifs is 1. The Morgan fingerprint density at radius 3 is 2.81 bits per heavy atom. The zero-order valence-electron chi connectivity index (χ0n) is 17.2. The largest absolute Gasteiger partial charge is 0.495 e. The Labute approximate surface area is 187 Å². The number of anilines is 1. The van der Waals surface area contributed by atoms with Crippen molar-refractivity contribution >= 4 is 34.1 Å². The first-order valence-electron chi connectivity index (χ1n) is 10.1. The van der Waals surface area contributed by atoms with Gasteiger partial charge in [-0.1, -0.05) is 35.0 Å². The van der Waals surface area contributed by atoms with Crippen molar-refractivity contribution in [2.24, 2.45) is 0 Å². The molecule has 5 rings (SSSR count). The summed E-state index contributed by atoms with van der Waals surface area (Å²) in [6.07, 6.45) is 2.10. The summed E-state index contributed by atoms with van der Waals surface area (Å²) < 4.78 is 12.0. The van der Waals surface area contributed by atoms with Gasteiger partial charge in [0, 0.05) is 23.1 Å². The van der Waals surface area contributed by atoms with Crippen molar-refractivity contribution in [3.05, 3.63) is 69.7 Å². The van der Waals surface area contributed by atoms with Crippen LogP contribution in [0.5, 0.6) is 5.75 Å². The van der Waals surface area contributed by atoms with Gasteiger partial charge in [0.2, 0.25) is 5.91 Å². The minimum Gasteiger partial charge on any atom is -0.495 e. The SMILES string of the molecule is COc1ccc(NC(=O)Cn2c(=O)cc(-c3nc(C4CC4)no3)c3ccccc32)cc1Cl. The van der Waals surface area contributed by atoms with Gasteiger partial charge in [0.25, 0.3) is 11.4 Å². The Hall–Kier alpha value is -3.65. The number of methoxy groups -OCH3 is 1. The summed E-state index contributed by atoms with van der Waals surface area (Å²) in [5.41, 5.74) is 1.33. The Morgan fingerprint density at radius 2 is 2.06 bits per heavy atom. The third-order valence-corrected chi connectivity index (χ3v) is 5.67. The molecule has 1 fully saturated rings. The van der Waals surface area contributed by atoms with E-state index in [1.807, 2.05) is 18.2 Å². The van der Waals surface area contributed by atoms with Crippen LogP contribution in [0.15, 0.2) is 57.8 Å². The second kappa shape index (κ2) is 8.12. The fourth-order valence-corrected chi connectivity index (χ4v) is 3.87. The van der Waals surface area contributed by atoms with E-state index in [-0.39, 0.29) is 18.0 Å². The van der Waals surface area contributed by atoms with Gasteiger partial charge < -0.3 is 14.6 Å². The second-order valence-corrected chi connectivity index (χ2v) is 8.04. The quantitative estimate of drug-likeness (QED) is 0.472. The van der Waals surface area contributed by atoms with E-state index in [1.165, 1.54) is 17.7 Å². The number of para-hydroxylation sites is 1. The van der Waals surface area contributed by atoms with E-state index in [0.717, 1.165) is 18.2 Å². The van der Waals surface area contributed by atoms with E-state index in [4.69, 9.17) is 20.9 Å². The van der Waals surface area contributed by atoms with E-state index in [1.54, 1.807) is 24.3 Å². The van der Waals surface area contributed by atoms with E-state index >= 15 is 0 Å². The lowest BCUT2D eigenvalue weighted by Crippen LogP contribution is -2.27. The van der Waals surface area contributed by atoms with E-state index < -0.39 is 0 Å². The molecule has 0 saturated heterocycles. The molecular formula is C23H19ClN4O4. The third-order valence-electron chi connectivity index (χ3n) is 5.37. The van der Waals surface area contributed by atoms with Crippen LogP contribution in [-0.2, 0) is 11.3 Å². The van der Waals surface area contributed by atoms with Gasteiger partial charge >= 0.3 is 0 Å². The number of halogens is 1. The first kappa shape index (κ1) is 20.3. The van der Waals surface area contributed by atoms with Crippen molar-refractivity contribution < 1.29 is 14.1 Å². The van der Waals surface area contributed by atoms with Crippen LogP contribution < -0.4 is 15.6 Å². The number of carbonyl (C=O) groups excluding carboxylic acids is 1. The molecule has 2 aromatic heterocycles. The first-order chi connectivity index (χ1) is 15.5. The molecule has 1 aliphatic rings. The summed E-state index contributed by atoms with van der Waals surface area (Å²) in [6.45, 7) is -0.166. The Balaban J connectivity index is 1.46. The van der Waals surface area contributed by atoms with Crippen molar-refractivity contribution in [2.45, 2.75) is 25.3 Å². The topological polar surface area (TPSA) is 99.2 Å². The predicted octanol–water partition coefficient (Wildman–Crippen LogP) is 4.23. The molecule has 2 heterocycles. The van der Waals surface area contributed by atoms with Crippen LogP contribution in [0.4, 0.5) is 5.69 Å². The van der Waals surface area contributed by atoms with Crippen molar-refractivity contribution in [1.29, 1.82) is 0 Å². The summed E-state index contributed by atoms with van der Waals surface area (Å²) in [4.78, 5) is 30.1. The molecule has 0 bridgehead atoms. The molecule has 1 N–H and O–H groups in total. The lowest BCUT2D eigenvalue weighted by atomic mass is 10.1. The van der Waals surface area contributed by atoms with E-state index in [0.29, 0.717) is 45.2 Å². The molecule has 0 spiro atoms. The number of nitrogens with one attached hydrogen (secondary N) is 1. The zero-order chi connectivity index (χ0) is 22.2. The number of nitrogens with zero attached hydrogens (tertiary/aromatic N) is 3. The zero-order valence-corrected chi connectivity index (χ0v) is 17.9. The fraction of sp³-hybridized carbons (Fsp3) is 0.217. The Kier molecular flexibility index (Phi) is 5.14. The molecule has 0 atom stereocenters. The van der Waals surface area contributed by atoms with Crippen molar-refractivity contribution in [3.8, 4) is 17.2 Å². The minimum absolute atomic E-state index is 0.166. The predicted molar refractivity (Wildman–Crippen MR) is 120 cm³/mol. The summed E-state index contributed by atoms with van der Waals surface area (Å²) in [7, 11) is 1.52. The van der Waals surface area contributed by atoms with Crippen molar-refractivity contribution in [2.75, 3.05) is 12.4 Å². The van der Waals surface area contributed by atoms with Gasteiger partial charge in [-0.05, 0) is 37.1 Å². The van der Waals surface area contributed by atoms with Crippen molar-refractivity contribution in [1.82, 2.24) is 14.7 Å². The van der Waals surface area contributed by atoms with Crippen LogP contribution in [0.2, 0.25) is 5.02 Å². The molecular weight excluding hydrogens is 432 g/mol. The molecule has 0 radical (unpaired) electrons. The number of ether oxygens (including phenoxy) is 1. The highest BCUT2D eigenvalue weighted by Gasteiger charge is 2.29. The van der Waals surface area contributed by atoms with Gasteiger partial charge in [0.15, 0.2) is 5.82 Å². The maximum absolute atomic E-state index is 13.0. The summed E-state index contributed by atoms with van der Waals surface area (Å²) in [5.74, 6) is 1.47. The number of pyridine rings is 1. The van der Waals surface area contributed by atoms with Crippen molar-refractivity contribution in [3.63, 3.8) is 0 Å². The molecule has 8 nitrogen and oxygen atoms in total. The molecule has 1 amide bonds. The van der Waals surface area contributed by atoms with Crippen LogP contribution in [0, 0.1) is 0 Å². The van der Waals surface area contributed by atoms with Gasteiger partial charge in [-0.15, -0.1) is 0 Å². The van der Waals surface area contributed by atoms with Gasteiger partial charge in [-0.3, -0.25) is 14.2 Å². The summed E-state index contributed by atoms with van der Waals surface area (Å²) >= 11 is 6.13. The third kappa shape index (κ3) is 3.85. The summed E-state index contributed by atoms with van der Waals surface area (Å²) in [5, 5.41) is 7.94. The number of hydrogen-bond acceptors (Lipinski definition) is 6. The molecule has 4 aromatic rings. The number of benzene rings is 2. The highest BCUT2D eigenvalue weighted by atomic mass is 35.5. The molecule has 1 aliphatic carbocycles. The van der Waals surface area contributed by atoms with Crippen LogP contribution >= 0.6 is 11.6 Å². The Morgan fingerprint density at radius 1 is 1.25 bits per heavy atom. The maximum atomic E-state index is 13.0. The maximum Gasteiger partial charge on any atom is 0.258 e. The molecule has 1 saturated carbocycles. The van der Waals surface area contributed by atoms with Crippen LogP contribution in [0.25, 0.3) is 22.4 Å². The average molecular weight is 451 g/mol. The van der Waals surface area contributed by atoms with Gasteiger partial charge in [0.05, 0.1) is 23.2 Å². The normalized spacial score (nSPS) is 13.3. The smallest absolute Gasteiger partial charge is 0.258 e. The fourth-order valence-electron chi connectivity index (χ4n) is 3.61.